The van der Waals surface area contributed by atoms with Gasteiger partial charge in [0, 0.05) is 30.1 Å². The molecular formula is C29H34ClN3O5S. The summed E-state index contributed by atoms with van der Waals surface area (Å²) in [4.78, 5) is 10.3. The maximum atomic E-state index is 12.0. The molecule has 0 saturated heterocycles. The van der Waals surface area contributed by atoms with Crippen LogP contribution in [0.4, 0.5) is 0 Å². The number of hydrogen-bond acceptors (Lipinski definition) is 7. The summed E-state index contributed by atoms with van der Waals surface area (Å²) in [6.07, 6.45) is 2.62. The smallest absolute Gasteiger partial charge is 0.306 e. The number of fused-ring (bicyclic) bond motifs is 1. The van der Waals surface area contributed by atoms with E-state index in [0.29, 0.717) is 41.8 Å². The zero-order chi connectivity index (χ0) is 27.8. The first-order valence-electron chi connectivity index (χ1n) is 13.0. The van der Waals surface area contributed by atoms with Crippen molar-refractivity contribution in [2.75, 3.05) is 39.1 Å². The van der Waals surface area contributed by atoms with Crippen molar-refractivity contribution in [1.82, 2.24) is 14.9 Å². The van der Waals surface area contributed by atoms with Gasteiger partial charge in [-0.3, -0.25) is 0 Å². The monoisotopic (exact) mass is 571 g/mol. The third kappa shape index (κ3) is 8.36. The number of imidazole rings is 1. The van der Waals surface area contributed by atoms with E-state index in [0.717, 1.165) is 54.7 Å². The molecule has 0 unspecified atom stereocenters. The van der Waals surface area contributed by atoms with Crippen LogP contribution in [0.3, 0.4) is 0 Å². The van der Waals surface area contributed by atoms with Gasteiger partial charge in [-0.1, -0.05) is 37.6 Å². The first-order chi connectivity index (χ1) is 18.7. The van der Waals surface area contributed by atoms with Gasteiger partial charge in [-0.2, -0.15) is 8.42 Å². The lowest BCUT2D eigenvalue weighted by atomic mass is 10.1. The molecule has 0 aliphatic carbocycles. The number of ether oxygens (including phenoxy) is 2. The normalized spacial score (nSPS) is 11.7. The summed E-state index contributed by atoms with van der Waals surface area (Å²) in [6.45, 7) is 8.39. The van der Waals surface area contributed by atoms with Gasteiger partial charge in [-0.05, 0) is 61.5 Å². The number of halogens is 1. The Morgan fingerprint density at radius 1 is 0.923 bits per heavy atom. The van der Waals surface area contributed by atoms with Crippen LogP contribution < -0.4 is 13.7 Å². The summed E-state index contributed by atoms with van der Waals surface area (Å²) in [7, 11) is -3.79. The SMILES string of the molecule is CCN(CC)CCCOc1ccc2nc(-c3ccc(OCCc4ccc(Cl)cc4)cc3OS(C)(=O)=O)[nH]c2c1. The zero-order valence-corrected chi connectivity index (χ0v) is 24.0. The van der Waals surface area contributed by atoms with Crippen molar-refractivity contribution in [3.63, 3.8) is 0 Å². The summed E-state index contributed by atoms with van der Waals surface area (Å²) in [6, 6.07) is 18.3. The highest BCUT2D eigenvalue weighted by Gasteiger charge is 2.17. The Bertz CT molecular complexity index is 1480. The quantitative estimate of drug-likeness (QED) is 0.147. The number of nitrogens with zero attached hydrogens (tertiary/aromatic N) is 2. The highest BCUT2D eigenvalue weighted by molar-refractivity contribution is 7.86. The van der Waals surface area contributed by atoms with Crippen molar-refractivity contribution >= 4 is 32.8 Å². The lowest BCUT2D eigenvalue weighted by Gasteiger charge is -2.17. The van der Waals surface area contributed by atoms with E-state index in [1.807, 2.05) is 42.5 Å². The van der Waals surface area contributed by atoms with Gasteiger partial charge in [0.15, 0.2) is 5.75 Å². The number of aromatic amines is 1. The predicted octanol–water partition coefficient (Wildman–Crippen LogP) is 5.95. The number of rotatable bonds is 14. The first kappa shape index (κ1) is 28.7. The summed E-state index contributed by atoms with van der Waals surface area (Å²) >= 11 is 5.95. The Morgan fingerprint density at radius 3 is 2.33 bits per heavy atom. The third-order valence-electron chi connectivity index (χ3n) is 6.26. The number of nitrogens with one attached hydrogen (secondary N) is 1. The van der Waals surface area contributed by atoms with Crippen LogP contribution in [-0.2, 0) is 16.5 Å². The molecule has 39 heavy (non-hydrogen) atoms. The molecule has 4 aromatic rings. The largest absolute Gasteiger partial charge is 0.493 e. The Hall–Kier alpha value is -3.27. The molecule has 208 valence electrons. The molecule has 1 heterocycles. The second-order valence-corrected chi connectivity index (χ2v) is 11.2. The van der Waals surface area contributed by atoms with Crippen molar-refractivity contribution in [2.24, 2.45) is 0 Å². The molecule has 1 N–H and O–H groups in total. The molecule has 8 nitrogen and oxygen atoms in total. The average Bonchev–Trinajstić information content (AvgIpc) is 3.32. The van der Waals surface area contributed by atoms with Crippen LogP contribution in [0.25, 0.3) is 22.4 Å². The molecule has 10 heteroatoms. The van der Waals surface area contributed by atoms with Gasteiger partial charge in [0.05, 0.1) is 36.1 Å². The van der Waals surface area contributed by atoms with Crippen LogP contribution in [0, 0.1) is 0 Å². The average molecular weight is 572 g/mol. The van der Waals surface area contributed by atoms with E-state index in [4.69, 9.17) is 25.3 Å². The summed E-state index contributed by atoms with van der Waals surface area (Å²) in [5, 5.41) is 0.679. The second kappa shape index (κ2) is 13.2. The molecule has 0 fully saturated rings. The fourth-order valence-electron chi connectivity index (χ4n) is 4.18. The molecule has 0 bridgehead atoms. The Balaban J connectivity index is 1.48. The first-order valence-corrected chi connectivity index (χ1v) is 15.2. The van der Waals surface area contributed by atoms with E-state index in [-0.39, 0.29) is 5.75 Å². The number of aromatic nitrogens is 2. The molecule has 0 radical (unpaired) electrons. The zero-order valence-electron chi connectivity index (χ0n) is 22.4. The molecule has 0 atom stereocenters. The van der Waals surface area contributed by atoms with Crippen molar-refractivity contribution in [3.05, 3.63) is 71.2 Å². The van der Waals surface area contributed by atoms with Gasteiger partial charge in [0.2, 0.25) is 0 Å². The number of benzene rings is 3. The maximum absolute atomic E-state index is 12.0. The minimum absolute atomic E-state index is 0.133. The van der Waals surface area contributed by atoms with E-state index < -0.39 is 10.1 Å². The van der Waals surface area contributed by atoms with Crippen LogP contribution in [-0.4, -0.2) is 62.4 Å². The molecule has 1 aromatic heterocycles. The highest BCUT2D eigenvalue weighted by atomic mass is 35.5. The van der Waals surface area contributed by atoms with Gasteiger partial charge in [0.1, 0.15) is 17.3 Å². The van der Waals surface area contributed by atoms with Crippen molar-refractivity contribution < 1.29 is 22.1 Å². The summed E-state index contributed by atoms with van der Waals surface area (Å²) in [5.74, 6) is 1.85. The molecule has 4 rings (SSSR count). The van der Waals surface area contributed by atoms with E-state index >= 15 is 0 Å². The van der Waals surface area contributed by atoms with Crippen LogP contribution in [0.5, 0.6) is 17.2 Å². The van der Waals surface area contributed by atoms with Gasteiger partial charge in [0.25, 0.3) is 0 Å². The minimum Gasteiger partial charge on any atom is -0.493 e. The fraction of sp³-hybridized carbons (Fsp3) is 0.345. The van der Waals surface area contributed by atoms with Crippen molar-refractivity contribution in [2.45, 2.75) is 26.7 Å². The second-order valence-electron chi connectivity index (χ2n) is 9.16. The van der Waals surface area contributed by atoms with E-state index in [1.165, 1.54) is 0 Å². The molecule has 3 aromatic carbocycles. The lowest BCUT2D eigenvalue weighted by molar-refractivity contribution is 0.249. The van der Waals surface area contributed by atoms with Crippen LogP contribution in [0.15, 0.2) is 60.7 Å². The van der Waals surface area contributed by atoms with E-state index in [1.54, 1.807) is 18.2 Å². The van der Waals surface area contributed by atoms with Gasteiger partial charge in [-0.15, -0.1) is 0 Å². The molecule has 0 spiro atoms. The maximum Gasteiger partial charge on any atom is 0.306 e. The van der Waals surface area contributed by atoms with Gasteiger partial charge in [-0.25, -0.2) is 4.98 Å². The molecule has 0 aliphatic rings. The van der Waals surface area contributed by atoms with E-state index in [2.05, 4.69) is 28.7 Å². The molecule has 0 amide bonds. The summed E-state index contributed by atoms with van der Waals surface area (Å²) in [5.41, 5.74) is 3.09. The molecule has 0 aliphatic heterocycles. The van der Waals surface area contributed by atoms with Crippen molar-refractivity contribution in [1.29, 1.82) is 0 Å². The molecular weight excluding hydrogens is 538 g/mol. The van der Waals surface area contributed by atoms with Gasteiger partial charge < -0.3 is 23.5 Å². The third-order valence-corrected chi connectivity index (χ3v) is 6.99. The predicted molar refractivity (Wildman–Crippen MR) is 156 cm³/mol. The Labute approximate surface area is 235 Å². The van der Waals surface area contributed by atoms with Crippen LogP contribution >= 0.6 is 11.6 Å². The van der Waals surface area contributed by atoms with Crippen LogP contribution in [0.1, 0.15) is 25.8 Å². The molecule has 0 saturated carbocycles. The van der Waals surface area contributed by atoms with Gasteiger partial charge >= 0.3 is 10.1 Å². The lowest BCUT2D eigenvalue weighted by Crippen LogP contribution is -2.25. The van der Waals surface area contributed by atoms with Crippen molar-refractivity contribution in [3.8, 4) is 28.6 Å². The minimum atomic E-state index is -3.79. The Morgan fingerprint density at radius 2 is 1.62 bits per heavy atom. The Kier molecular flexibility index (Phi) is 9.72. The summed E-state index contributed by atoms with van der Waals surface area (Å²) < 4.78 is 41.2. The standard InChI is InChI=1S/C29H34ClN3O5S/c1-4-33(5-2)16-6-17-36-23-12-14-26-27(19-23)32-29(31-26)25-13-11-24(20-28(25)38-39(3,34)35)37-18-15-21-7-9-22(30)10-8-21/h7-14,19-20H,4-6,15-18H2,1-3H3,(H,31,32). The van der Waals surface area contributed by atoms with E-state index in [9.17, 15) is 8.42 Å². The highest BCUT2D eigenvalue weighted by Crippen LogP contribution is 2.34. The topological polar surface area (TPSA) is 93.8 Å². The fourth-order valence-corrected chi connectivity index (χ4v) is 4.77. The number of H-pyrrole nitrogens is 1. The number of hydrogen-bond donors (Lipinski definition) is 1. The van der Waals surface area contributed by atoms with Crippen LogP contribution in [0.2, 0.25) is 5.02 Å².